The molecule has 0 saturated carbocycles. The van der Waals surface area contributed by atoms with Gasteiger partial charge in [0.15, 0.2) is 0 Å². The zero-order valence-corrected chi connectivity index (χ0v) is 12.2. The van der Waals surface area contributed by atoms with E-state index in [-0.39, 0.29) is 0 Å². The number of carbonyl (C=O) groups is 2. The van der Waals surface area contributed by atoms with Crippen molar-refractivity contribution in [1.29, 1.82) is 0 Å². The lowest BCUT2D eigenvalue weighted by Gasteiger charge is -2.21. The second-order valence-corrected chi connectivity index (χ2v) is 5.23. The van der Waals surface area contributed by atoms with E-state index in [1.165, 1.54) is 23.6 Å². The van der Waals surface area contributed by atoms with Gasteiger partial charge in [-0.15, -0.1) is 0 Å². The van der Waals surface area contributed by atoms with Crippen LogP contribution in [0.3, 0.4) is 0 Å². The van der Waals surface area contributed by atoms with Crippen molar-refractivity contribution in [1.82, 2.24) is 4.90 Å². The Balaban J connectivity index is 2.31. The molecule has 0 aromatic heterocycles. The summed E-state index contributed by atoms with van der Waals surface area (Å²) in [4.78, 5) is 25.3. The van der Waals surface area contributed by atoms with Crippen LogP contribution in [0, 0.1) is 0 Å². The number of ketones is 2. The van der Waals surface area contributed by atoms with Crippen LogP contribution in [0.25, 0.3) is 0 Å². The fraction of sp³-hybridized carbons (Fsp3) is 0.375. The minimum absolute atomic E-state index is 0.340. The van der Waals surface area contributed by atoms with Crippen LogP contribution in [-0.2, 0) is 29.1 Å². The van der Waals surface area contributed by atoms with E-state index in [1.54, 1.807) is 6.92 Å². The fourth-order valence-electron chi connectivity index (χ4n) is 2.56. The number of hydrogen-bond acceptors (Lipinski definition) is 4. The van der Waals surface area contributed by atoms with Crippen LogP contribution in [0.5, 0.6) is 0 Å². The summed E-state index contributed by atoms with van der Waals surface area (Å²) in [5.41, 5.74) is 10.2. The van der Waals surface area contributed by atoms with Crippen LogP contribution >= 0.6 is 0 Å². The van der Waals surface area contributed by atoms with Crippen LogP contribution in [0.2, 0.25) is 0 Å². The third-order valence-electron chi connectivity index (χ3n) is 3.63. The summed E-state index contributed by atoms with van der Waals surface area (Å²) in [6, 6.07) is 6.36. The monoisotopic (exact) mass is 272 g/mol. The van der Waals surface area contributed by atoms with Gasteiger partial charge >= 0.3 is 0 Å². The molecule has 0 spiro atoms. The minimum Gasteiger partial charge on any atom is -0.400 e. The summed E-state index contributed by atoms with van der Waals surface area (Å²) in [6.07, 6.45) is 0.984. The highest BCUT2D eigenvalue weighted by atomic mass is 16.2. The van der Waals surface area contributed by atoms with Gasteiger partial charge in [0.05, 0.1) is 0 Å². The number of carbonyl (C=O) groups excluding carboxylic acids is 2. The van der Waals surface area contributed by atoms with E-state index in [1.807, 2.05) is 4.90 Å². The van der Waals surface area contributed by atoms with Crippen molar-refractivity contribution in [2.75, 3.05) is 0 Å². The van der Waals surface area contributed by atoms with Gasteiger partial charge in [0.25, 0.3) is 0 Å². The first-order valence-corrected chi connectivity index (χ1v) is 6.81. The number of nitrogens with zero attached hydrogens (tertiary/aromatic N) is 1. The van der Waals surface area contributed by atoms with Crippen molar-refractivity contribution in [3.63, 3.8) is 0 Å². The molecule has 1 aliphatic heterocycles. The number of rotatable bonds is 4. The zero-order valence-electron chi connectivity index (χ0n) is 12.2. The first kappa shape index (κ1) is 14.3. The molecule has 0 saturated heterocycles. The van der Waals surface area contributed by atoms with Crippen LogP contribution in [0.1, 0.15) is 37.5 Å². The second-order valence-electron chi connectivity index (χ2n) is 5.23. The molecule has 0 bridgehead atoms. The molecule has 2 N–H and O–H groups in total. The molecule has 0 fully saturated rings. The molecule has 1 aromatic rings. The van der Waals surface area contributed by atoms with Crippen LogP contribution in [-0.4, -0.2) is 16.5 Å². The number of aryl methyl sites for hydroxylation is 1. The molecule has 0 aliphatic carbocycles. The predicted molar refractivity (Wildman–Crippen MR) is 77.6 cm³/mol. The number of Topliss-reactive ketones (excluding diaryl/α,β-unsaturated/α-hetero) is 2. The first-order chi connectivity index (χ1) is 9.43. The van der Waals surface area contributed by atoms with Gasteiger partial charge in [-0.1, -0.05) is 25.1 Å². The standard InChI is InChI=1S/C16H20N2O2/c1-4-12-5-6-13-8-18(9-14(13)7-12)15(10(2)17)16(20)11(3)19/h5-7H,4,8-9,17H2,1-3H3/b15-10-. The molecule has 2 rings (SSSR count). The van der Waals surface area contributed by atoms with E-state index in [0.29, 0.717) is 24.5 Å². The van der Waals surface area contributed by atoms with Gasteiger partial charge in [0, 0.05) is 25.7 Å². The second kappa shape index (κ2) is 5.49. The van der Waals surface area contributed by atoms with Crippen LogP contribution < -0.4 is 5.73 Å². The number of fused-ring (bicyclic) bond motifs is 1. The van der Waals surface area contributed by atoms with Crippen molar-refractivity contribution in [2.24, 2.45) is 5.73 Å². The Labute approximate surface area is 119 Å². The van der Waals surface area contributed by atoms with Gasteiger partial charge < -0.3 is 10.6 Å². The third-order valence-corrected chi connectivity index (χ3v) is 3.63. The molecule has 1 aliphatic rings. The molecule has 4 heteroatoms. The summed E-state index contributed by atoms with van der Waals surface area (Å²) in [7, 11) is 0. The zero-order chi connectivity index (χ0) is 14.9. The topological polar surface area (TPSA) is 63.4 Å². The van der Waals surface area contributed by atoms with Crippen LogP contribution in [0.4, 0.5) is 0 Å². The molecule has 106 valence electrons. The number of benzene rings is 1. The molecule has 0 radical (unpaired) electrons. The van der Waals surface area contributed by atoms with Gasteiger partial charge in [-0.3, -0.25) is 9.59 Å². The van der Waals surface area contributed by atoms with Crippen molar-refractivity contribution >= 4 is 11.6 Å². The summed E-state index contributed by atoms with van der Waals surface area (Å²) < 4.78 is 0. The van der Waals surface area contributed by atoms with Gasteiger partial charge in [0.1, 0.15) is 5.70 Å². The largest absolute Gasteiger partial charge is 0.400 e. The maximum atomic E-state index is 12.0. The molecule has 4 nitrogen and oxygen atoms in total. The number of nitrogens with two attached hydrogens (primary N) is 1. The molecular weight excluding hydrogens is 252 g/mol. The van der Waals surface area contributed by atoms with Gasteiger partial charge in [-0.05, 0) is 30.0 Å². The fourth-order valence-corrected chi connectivity index (χ4v) is 2.56. The third kappa shape index (κ3) is 2.59. The molecular formula is C16H20N2O2. The van der Waals surface area contributed by atoms with E-state index in [2.05, 4.69) is 25.1 Å². The quantitative estimate of drug-likeness (QED) is 0.672. The molecule has 0 unspecified atom stereocenters. The maximum absolute atomic E-state index is 12.0. The average Bonchev–Trinajstić information content (AvgIpc) is 2.80. The average molecular weight is 272 g/mol. The van der Waals surface area contributed by atoms with E-state index in [9.17, 15) is 9.59 Å². The van der Waals surface area contributed by atoms with E-state index < -0.39 is 11.6 Å². The highest BCUT2D eigenvalue weighted by Crippen LogP contribution is 2.28. The van der Waals surface area contributed by atoms with E-state index in [4.69, 9.17) is 5.73 Å². The normalized spacial score (nSPS) is 14.8. The van der Waals surface area contributed by atoms with Gasteiger partial charge in [-0.25, -0.2) is 0 Å². The summed E-state index contributed by atoms with van der Waals surface area (Å²) >= 11 is 0. The molecule has 0 amide bonds. The van der Waals surface area contributed by atoms with E-state index in [0.717, 1.165) is 6.42 Å². The maximum Gasteiger partial charge on any atom is 0.246 e. The Hall–Kier alpha value is -2.10. The van der Waals surface area contributed by atoms with Crippen LogP contribution in [0.15, 0.2) is 29.6 Å². The highest BCUT2D eigenvalue weighted by Gasteiger charge is 2.28. The van der Waals surface area contributed by atoms with Gasteiger partial charge in [-0.2, -0.15) is 0 Å². The Morgan fingerprint density at radius 1 is 1.20 bits per heavy atom. The van der Waals surface area contributed by atoms with E-state index >= 15 is 0 Å². The Bertz CT molecular complexity index is 598. The molecule has 1 aromatic carbocycles. The smallest absolute Gasteiger partial charge is 0.246 e. The first-order valence-electron chi connectivity index (χ1n) is 6.81. The Morgan fingerprint density at radius 3 is 2.40 bits per heavy atom. The lowest BCUT2D eigenvalue weighted by Crippen LogP contribution is -2.29. The Kier molecular flexibility index (Phi) is 3.93. The van der Waals surface area contributed by atoms with Gasteiger partial charge in [0.2, 0.25) is 11.6 Å². The Morgan fingerprint density at radius 2 is 1.85 bits per heavy atom. The summed E-state index contributed by atoms with van der Waals surface area (Å²) in [6.45, 7) is 6.32. The summed E-state index contributed by atoms with van der Waals surface area (Å²) in [5.74, 6) is -0.983. The molecule has 1 heterocycles. The minimum atomic E-state index is -0.506. The van der Waals surface area contributed by atoms with Crippen molar-refractivity contribution in [3.05, 3.63) is 46.3 Å². The predicted octanol–water partition coefficient (Wildman–Crippen LogP) is 1.91. The van der Waals surface area contributed by atoms with Crippen molar-refractivity contribution in [2.45, 2.75) is 40.3 Å². The van der Waals surface area contributed by atoms with Crippen molar-refractivity contribution < 1.29 is 9.59 Å². The molecule has 20 heavy (non-hydrogen) atoms. The molecule has 0 atom stereocenters. The lowest BCUT2D eigenvalue weighted by molar-refractivity contribution is -0.134. The SMILES string of the molecule is CCc1ccc2c(c1)CN(/C(C(=O)C(C)=O)=C(/C)N)C2. The lowest BCUT2D eigenvalue weighted by atomic mass is 10.1. The number of hydrogen-bond donors (Lipinski definition) is 1. The van der Waals surface area contributed by atoms with Crippen molar-refractivity contribution in [3.8, 4) is 0 Å². The summed E-state index contributed by atoms with van der Waals surface area (Å²) in [5, 5.41) is 0. The highest BCUT2D eigenvalue weighted by molar-refractivity contribution is 6.42. The number of allylic oxidation sites excluding steroid dienone is 2.